The molecule has 0 saturated heterocycles. The van der Waals surface area contributed by atoms with Crippen LogP contribution in [-0.2, 0) is 0 Å². The van der Waals surface area contributed by atoms with Crippen molar-refractivity contribution in [1.29, 1.82) is 5.26 Å². The highest BCUT2D eigenvalue weighted by molar-refractivity contribution is 6.30. The Labute approximate surface area is 145 Å². The molecule has 6 nitrogen and oxygen atoms in total. The van der Waals surface area contributed by atoms with E-state index in [0.29, 0.717) is 0 Å². The zero-order chi connectivity index (χ0) is 17.7. The summed E-state index contributed by atoms with van der Waals surface area (Å²) in [7, 11) is 0. The summed E-state index contributed by atoms with van der Waals surface area (Å²) in [6.07, 6.45) is 4.03. The first-order chi connectivity index (χ1) is 11.4. The van der Waals surface area contributed by atoms with Crippen LogP contribution in [0.1, 0.15) is 44.6 Å². The van der Waals surface area contributed by atoms with E-state index in [2.05, 4.69) is 15.6 Å². The lowest BCUT2D eigenvalue weighted by atomic mass is 9.81. The lowest BCUT2D eigenvalue weighted by Crippen LogP contribution is -2.49. The molecule has 1 aliphatic carbocycles. The second-order valence-corrected chi connectivity index (χ2v) is 6.43. The minimum absolute atomic E-state index is 0.0364. The third kappa shape index (κ3) is 4.48. The molecule has 1 amide bonds. The molecule has 3 N–H and O–H groups in total. The van der Waals surface area contributed by atoms with Crippen molar-refractivity contribution in [2.45, 2.75) is 51.1 Å². The number of hydrogen-bond acceptors (Lipinski definition) is 4. The number of anilines is 1. The van der Waals surface area contributed by atoms with Crippen molar-refractivity contribution in [3.63, 3.8) is 0 Å². The Morgan fingerprint density at radius 1 is 1.50 bits per heavy atom. The molecule has 1 heterocycles. The lowest BCUT2D eigenvalue weighted by Gasteiger charge is -2.35. The summed E-state index contributed by atoms with van der Waals surface area (Å²) < 4.78 is 14.2. The minimum Gasteiger partial charge on any atom is -0.465 e. The zero-order valence-electron chi connectivity index (χ0n) is 13.4. The SMILES string of the molecule is C[C@H](NC(=O)O)[C@@H](Nc1nc(Cl)c(C#N)cc1F)C1CCCCC1. The first-order valence-corrected chi connectivity index (χ1v) is 8.32. The Bertz CT molecular complexity index is 644. The molecule has 2 atom stereocenters. The van der Waals surface area contributed by atoms with Gasteiger partial charge < -0.3 is 15.7 Å². The molecule has 1 aromatic rings. The molecule has 0 aliphatic heterocycles. The predicted molar refractivity (Wildman–Crippen MR) is 88.5 cm³/mol. The van der Waals surface area contributed by atoms with E-state index >= 15 is 0 Å². The first kappa shape index (κ1) is 18.3. The van der Waals surface area contributed by atoms with Crippen LogP contribution in [0.25, 0.3) is 0 Å². The summed E-state index contributed by atoms with van der Waals surface area (Å²) in [5, 5.41) is 23.2. The van der Waals surface area contributed by atoms with Crippen molar-refractivity contribution in [1.82, 2.24) is 10.3 Å². The van der Waals surface area contributed by atoms with Crippen molar-refractivity contribution in [3.05, 3.63) is 22.6 Å². The predicted octanol–water partition coefficient (Wildman–Crippen LogP) is 3.76. The van der Waals surface area contributed by atoms with Gasteiger partial charge in [0.15, 0.2) is 11.6 Å². The molecule has 1 fully saturated rings. The lowest BCUT2D eigenvalue weighted by molar-refractivity contribution is 0.184. The Morgan fingerprint density at radius 3 is 2.75 bits per heavy atom. The van der Waals surface area contributed by atoms with Crippen LogP contribution in [0.3, 0.4) is 0 Å². The number of pyridine rings is 1. The number of hydrogen-bond donors (Lipinski definition) is 3. The number of nitriles is 1. The van der Waals surface area contributed by atoms with Gasteiger partial charge in [0.05, 0.1) is 11.6 Å². The molecule has 8 heteroatoms. The highest BCUT2D eigenvalue weighted by Crippen LogP contribution is 2.30. The van der Waals surface area contributed by atoms with Crippen LogP contribution in [0.15, 0.2) is 6.07 Å². The summed E-state index contributed by atoms with van der Waals surface area (Å²) in [4.78, 5) is 14.9. The van der Waals surface area contributed by atoms with Gasteiger partial charge in [0.25, 0.3) is 0 Å². The summed E-state index contributed by atoms with van der Waals surface area (Å²) >= 11 is 5.88. The Balaban J connectivity index is 2.25. The van der Waals surface area contributed by atoms with E-state index in [4.69, 9.17) is 22.0 Å². The number of carboxylic acid groups (broad SMARTS) is 1. The summed E-state index contributed by atoms with van der Waals surface area (Å²) in [6.45, 7) is 1.74. The number of halogens is 2. The van der Waals surface area contributed by atoms with Crippen molar-refractivity contribution in [3.8, 4) is 6.07 Å². The average Bonchev–Trinajstić information content (AvgIpc) is 2.55. The summed E-state index contributed by atoms with van der Waals surface area (Å²) in [5.74, 6) is -0.538. The first-order valence-electron chi connectivity index (χ1n) is 7.94. The molecule has 0 spiro atoms. The minimum atomic E-state index is -1.13. The highest BCUT2D eigenvalue weighted by Gasteiger charge is 2.30. The molecule has 0 unspecified atom stereocenters. The number of carbonyl (C=O) groups is 1. The topological polar surface area (TPSA) is 98.0 Å². The van der Waals surface area contributed by atoms with Crippen LogP contribution < -0.4 is 10.6 Å². The quantitative estimate of drug-likeness (QED) is 0.699. The fraction of sp³-hybridized carbons (Fsp3) is 0.562. The summed E-state index contributed by atoms with van der Waals surface area (Å²) in [6, 6.07) is 2.07. The fourth-order valence-corrected chi connectivity index (χ4v) is 3.41. The second kappa shape index (κ2) is 8.15. The number of amides is 1. The van der Waals surface area contributed by atoms with E-state index in [0.717, 1.165) is 38.2 Å². The molecule has 0 aromatic carbocycles. The van der Waals surface area contributed by atoms with Gasteiger partial charge in [0.2, 0.25) is 0 Å². The van der Waals surface area contributed by atoms with Crippen LogP contribution in [0.5, 0.6) is 0 Å². The maximum atomic E-state index is 14.2. The van der Waals surface area contributed by atoms with Gasteiger partial charge in [0.1, 0.15) is 11.2 Å². The summed E-state index contributed by atoms with van der Waals surface area (Å²) in [5.41, 5.74) is -0.0364. The van der Waals surface area contributed by atoms with Gasteiger partial charge >= 0.3 is 6.09 Å². The third-order valence-corrected chi connectivity index (χ3v) is 4.69. The van der Waals surface area contributed by atoms with Crippen LogP contribution in [0.4, 0.5) is 15.0 Å². The Hall–Kier alpha value is -2.07. The third-order valence-electron chi connectivity index (χ3n) is 4.40. The van der Waals surface area contributed by atoms with Crippen LogP contribution >= 0.6 is 11.6 Å². The number of rotatable bonds is 5. The van der Waals surface area contributed by atoms with Gasteiger partial charge in [-0.3, -0.25) is 0 Å². The van der Waals surface area contributed by atoms with Crippen LogP contribution in [0.2, 0.25) is 5.15 Å². The molecule has 1 saturated carbocycles. The number of nitrogens with zero attached hydrogens (tertiary/aromatic N) is 2. The number of aromatic nitrogens is 1. The van der Waals surface area contributed by atoms with Crippen molar-refractivity contribution >= 4 is 23.5 Å². The van der Waals surface area contributed by atoms with E-state index in [1.807, 2.05) is 0 Å². The molecule has 0 radical (unpaired) electrons. The molecular formula is C16H20ClFN4O2. The fourth-order valence-electron chi connectivity index (χ4n) is 3.23. The van der Waals surface area contributed by atoms with E-state index < -0.39 is 18.0 Å². The molecular weight excluding hydrogens is 335 g/mol. The van der Waals surface area contributed by atoms with Crippen molar-refractivity contribution < 1.29 is 14.3 Å². The Morgan fingerprint density at radius 2 is 2.17 bits per heavy atom. The highest BCUT2D eigenvalue weighted by atomic mass is 35.5. The largest absolute Gasteiger partial charge is 0.465 e. The molecule has 24 heavy (non-hydrogen) atoms. The second-order valence-electron chi connectivity index (χ2n) is 6.08. The Kier molecular flexibility index (Phi) is 6.21. The van der Waals surface area contributed by atoms with Gasteiger partial charge in [-0.25, -0.2) is 14.2 Å². The average molecular weight is 355 g/mol. The van der Waals surface area contributed by atoms with E-state index in [9.17, 15) is 9.18 Å². The molecule has 0 bridgehead atoms. The molecule has 1 aliphatic rings. The smallest absolute Gasteiger partial charge is 0.404 e. The maximum absolute atomic E-state index is 14.2. The van der Waals surface area contributed by atoms with Crippen molar-refractivity contribution in [2.75, 3.05) is 5.32 Å². The van der Waals surface area contributed by atoms with E-state index in [1.165, 1.54) is 0 Å². The van der Waals surface area contributed by atoms with Gasteiger partial charge in [-0.05, 0) is 31.7 Å². The van der Waals surface area contributed by atoms with E-state index in [1.54, 1.807) is 13.0 Å². The normalized spacial score (nSPS) is 17.6. The van der Waals surface area contributed by atoms with Crippen LogP contribution in [0, 0.1) is 23.1 Å². The van der Waals surface area contributed by atoms with Gasteiger partial charge in [-0.15, -0.1) is 0 Å². The number of nitrogens with one attached hydrogen (secondary N) is 2. The van der Waals surface area contributed by atoms with Crippen LogP contribution in [-0.4, -0.2) is 28.3 Å². The zero-order valence-corrected chi connectivity index (χ0v) is 14.1. The molecule has 130 valence electrons. The van der Waals surface area contributed by atoms with Gasteiger partial charge in [-0.2, -0.15) is 5.26 Å². The van der Waals surface area contributed by atoms with Crippen molar-refractivity contribution in [2.24, 2.45) is 5.92 Å². The molecule has 2 rings (SSSR count). The monoisotopic (exact) mass is 354 g/mol. The van der Waals surface area contributed by atoms with E-state index in [-0.39, 0.29) is 28.5 Å². The van der Waals surface area contributed by atoms with Gasteiger partial charge in [-0.1, -0.05) is 30.9 Å². The van der Waals surface area contributed by atoms with Gasteiger partial charge in [0, 0.05) is 6.04 Å². The maximum Gasteiger partial charge on any atom is 0.404 e. The standard InChI is InChI=1S/C16H20ClFN4O2/c1-9(20-16(23)24)13(10-5-3-2-4-6-10)21-15-12(18)7-11(8-19)14(17)22-15/h7,9-10,13,20H,2-6H2,1H3,(H,21,22)(H,23,24)/t9-,13+/m0/s1. The molecule has 1 aromatic heterocycles.